The molecule has 3 nitrogen and oxygen atoms in total. The number of hydrogen-bond donors (Lipinski definition) is 2. The number of fused-ring (bicyclic) bond motifs is 1. The molecule has 36 heavy (non-hydrogen) atoms. The molecule has 0 radical (unpaired) electrons. The van der Waals surface area contributed by atoms with Gasteiger partial charge in [-0.2, -0.15) is 0 Å². The lowest BCUT2D eigenvalue weighted by molar-refractivity contribution is 0.535. The molecule has 3 heteroatoms. The van der Waals surface area contributed by atoms with Gasteiger partial charge in [-0.25, -0.2) is 4.98 Å². The fraction of sp³-hybridized carbons (Fsp3) is 0.364. The Morgan fingerprint density at radius 3 is 2.42 bits per heavy atom. The number of H-pyrrole nitrogens is 1. The minimum atomic E-state index is 0.648. The van der Waals surface area contributed by atoms with E-state index in [0.717, 1.165) is 39.4 Å². The summed E-state index contributed by atoms with van der Waals surface area (Å²) in [7, 11) is 0. The largest absolute Gasteiger partial charge is 0.355 e. The van der Waals surface area contributed by atoms with Crippen LogP contribution in [0, 0.1) is 13.8 Å². The third-order valence-corrected chi connectivity index (χ3v) is 7.30. The molecule has 0 saturated carbocycles. The summed E-state index contributed by atoms with van der Waals surface area (Å²) in [5.74, 6) is 1.56. The molecule has 0 fully saturated rings. The standard InChI is InChI=1S/C33H41N3/c1-6-8-9-10-11-12-26(7-2)27-14-16-28(17-15-27)33-35-31-20-18-29(22-32(31)36-33)25(5)34-30-19-13-23(3)21-24(30)4/h13-22,26,34H,5-12H2,1-4H3,(H,35,36). The van der Waals surface area contributed by atoms with Crippen molar-refractivity contribution in [1.82, 2.24) is 9.97 Å². The summed E-state index contributed by atoms with van der Waals surface area (Å²) in [6.07, 6.45) is 9.20. The summed E-state index contributed by atoms with van der Waals surface area (Å²) < 4.78 is 0. The number of anilines is 1. The fourth-order valence-electron chi connectivity index (χ4n) is 5.04. The van der Waals surface area contributed by atoms with E-state index < -0.39 is 0 Å². The molecule has 0 saturated heterocycles. The van der Waals surface area contributed by atoms with E-state index in [4.69, 9.17) is 4.98 Å². The number of imidazole rings is 1. The lowest BCUT2D eigenvalue weighted by atomic mass is 9.90. The normalized spacial score (nSPS) is 12.1. The molecule has 3 aromatic carbocycles. The van der Waals surface area contributed by atoms with Crippen LogP contribution in [-0.4, -0.2) is 9.97 Å². The first-order chi connectivity index (χ1) is 17.5. The molecule has 1 atom stereocenters. The summed E-state index contributed by atoms with van der Waals surface area (Å²) in [4.78, 5) is 8.38. The monoisotopic (exact) mass is 479 g/mol. The second kappa shape index (κ2) is 12.1. The van der Waals surface area contributed by atoms with Crippen LogP contribution in [0.1, 0.15) is 87.0 Å². The number of benzene rings is 3. The van der Waals surface area contributed by atoms with E-state index in [9.17, 15) is 0 Å². The smallest absolute Gasteiger partial charge is 0.138 e. The van der Waals surface area contributed by atoms with Crippen LogP contribution in [0.4, 0.5) is 5.69 Å². The van der Waals surface area contributed by atoms with E-state index in [0.29, 0.717) is 5.92 Å². The Balaban J connectivity index is 1.45. The van der Waals surface area contributed by atoms with Gasteiger partial charge < -0.3 is 10.3 Å². The number of aromatic amines is 1. The van der Waals surface area contributed by atoms with Gasteiger partial charge in [0.1, 0.15) is 5.82 Å². The Kier molecular flexibility index (Phi) is 8.64. The van der Waals surface area contributed by atoms with Crippen molar-refractivity contribution < 1.29 is 0 Å². The van der Waals surface area contributed by atoms with Gasteiger partial charge in [0.15, 0.2) is 0 Å². The second-order valence-electron chi connectivity index (χ2n) is 10.2. The molecule has 4 aromatic rings. The minimum absolute atomic E-state index is 0.648. The van der Waals surface area contributed by atoms with Crippen LogP contribution in [0.2, 0.25) is 0 Å². The topological polar surface area (TPSA) is 40.7 Å². The maximum absolute atomic E-state index is 4.86. The molecule has 0 aliphatic heterocycles. The lowest BCUT2D eigenvalue weighted by Gasteiger charge is -2.15. The summed E-state index contributed by atoms with van der Waals surface area (Å²) in [6.45, 7) is 13.1. The maximum atomic E-state index is 4.86. The second-order valence-corrected chi connectivity index (χ2v) is 10.2. The Bertz CT molecular complexity index is 1300. The van der Waals surface area contributed by atoms with Crippen LogP contribution in [0.5, 0.6) is 0 Å². The molecule has 0 aliphatic carbocycles. The van der Waals surface area contributed by atoms with Crippen LogP contribution < -0.4 is 5.32 Å². The lowest BCUT2D eigenvalue weighted by Crippen LogP contribution is -1.99. The third-order valence-electron chi connectivity index (χ3n) is 7.30. The number of rotatable bonds is 12. The van der Waals surface area contributed by atoms with Crippen molar-refractivity contribution in [3.63, 3.8) is 0 Å². The molecule has 0 bridgehead atoms. The number of nitrogens with zero attached hydrogens (tertiary/aromatic N) is 1. The average molecular weight is 480 g/mol. The molecule has 1 heterocycles. The number of unbranched alkanes of at least 4 members (excludes halogenated alkanes) is 4. The molecule has 1 unspecified atom stereocenters. The Hall–Kier alpha value is -3.33. The quantitative estimate of drug-likeness (QED) is 0.198. The van der Waals surface area contributed by atoms with E-state index >= 15 is 0 Å². The van der Waals surface area contributed by atoms with E-state index in [1.54, 1.807) is 0 Å². The molecule has 2 N–H and O–H groups in total. The zero-order valence-electron chi connectivity index (χ0n) is 22.5. The molecule has 4 rings (SSSR count). The van der Waals surface area contributed by atoms with Gasteiger partial charge >= 0.3 is 0 Å². The van der Waals surface area contributed by atoms with E-state index in [1.165, 1.54) is 61.6 Å². The van der Waals surface area contributed by atoms with Gasteiger partial charge in [0.2, 0.25) is 0 Å². The summed E-state index contributed by atoms with van der Waals surface area (Å²) in [5, 5.41) is 3.47. The van der Waals surface area contributed by atoms with Gasteiger partial charge in [0.25, 0.3) is 0 Å². The van der Waals surface area contributed by atoms with Gasteiger partial charge in [-0.3, -0.25) is 0 Å². The van der Waals surface area contributed by atoms with Crippen LogP contribution in [0.3, 0.4) is 0 Å². The SMILES string of the molecule is C=C(Nc1ccc(C)cc1C)c1ccc2nc(-c3ccc(C(CC)CCCCCCC)cc3)[nH]c2c1. The molecule has 1 aromatic heterocycles. The number of nitrogens with one attached hydrogen (secondary N) is 2. The highest BCUT2D eigenvalue weighted by atomic mass is 14.9. The van der Waals surface area contributed by atoms with Crippen LogP contribution >= 0.6 is 0 Å². The Morgan fingerprint density at radius 1 is 0.917 bits per heavy atom. The third kappa shape index (κ3) is 6.26. The highest BCUT2D eigenvalue weighted by molar-refractivity contribution is 5.86. The van der Waals surface area contributed by atoms with Crippen LogP contribution in [-0.2, 0) is 0 Å². The predicted molar refractivity (Wildman–Crippen MR) is 157 cm³/mol. The molecular formula is C33H41N3. The number of aryl methyl sites for hydroxylation is 2. The van der Waals surface area contributed by atoms with E-state index in [2.05, 4.69) is 105 Å². The van der Waals surface area contributed by atoms with Gasteiger partial charge in [0, 0.05) is 16.9 Å². The molecular weight excluding hydrogens is 438 g/mol. The van der Waals surface area contributed by atoms with Crippen molar-refractivity contribution >= 4 is 22.4 Å². The van der Waals surface area contributed by atoms with Gasteiger partial charge in [-0.15, -0.1) is 0 Å². The Labute approximate surface area is 217 Å². The van der Waals surface area contributed by atoms with Crippen molar-refractivity contribution in [2.24, 2.45) is 0 Å². The zero-order chi connectivity index (χ0) is 25.5. The van der Waals surface area contributed by atoms with Gasteiger partial charge in [-0.1, -0.05) is 101 Å². The predicted octanol–water partition coefficient (Wildman–Crippen LogP) is 9.78. The Morgan fingerprint density at radius 2 is 1.69 bits per heavy atom. The summed E-state index contributed by atoms with van der Waals surface area (Å²) in [5.41, 5.74) is 10.1. The highest BCUT2D eigenvalue weighted by Crippen LogP contribution is 2.29. The van der Waals surface area contributed by atoms with Crippen molar-refractivity contribution in [3.8, 4) is 11.4 Å². The molecule has 188 valence electrons. The summed E-state index contributed by atoms with van der Waals surface area (Å²) in [6, 6.07) is 21.7. The molecule has 0 amide bonds. The summed E-state index contributed by atoms with van der Waals surface area (Å²) >= 11 is 0. The fourth-order valence-corrected chi connectivity index (χ4v) is 5.04. The van der Waals surface area contributed by atoms with E-state index in [-0.39, 0.29) is 0 Å². The van der Waals surface area contributed by atoms with E-state index in [1.807, 2.05) is 0 Å². The van der Waals surface area contributed by atoms with Crippen molar-refractivity contribution in [2.45, 2.75) is 78.6 Å². The van der Waals surface area contributed by atoms with Gasteiger partial charge in [0.05, 0.1) is 11.0 Å². The van der Waals surface area contributed by atoms with Crippen molar-refractivity contribution in [2.75, 3.05) is 5.32 Å². The average Bonchev–Trinajstić information content (AvgIpc) is 3.31. The first kappa shape index (κ1) is 25.8. The first-order valence-corrected chi connectivity index (χ1v) is 13.6. The van der Waals surface area contributed by atoms with Crippen LogP contribution in [0.25, 0.3) is 28.1 Å². The zero-order valence-corrected chi connectivity index (χ0v) is 22.5. The molecule has 0 spiro atoms. The minimum Gasteiger partial charge on any atom is -0.355 e. The maximum Gasteiger partial charge on any atom is 0.138 e. The van der Waals surface area contributed by atoms with Crippen LogP contribution in [0.15, 0.2) is 67.2 Å². The number of aromatic nitrogens is 2. The first-order valence-electron chi connectivity index (χ1n) is 13.6. The van der Waals surface area contributed by atoms with Crippen molar-refractivity contribution in [1.29, 1.82) is 0 Å². The highest BCUT2D eigenvalue weighted by Gasteiger charge is 2.12. The van der Waals surface area contributed by atoms with Gasteiger partial charge in [-0.05, 0) is 67.5 Å². The number of hydrogen-bond acceptors (Lipinski definition) is 2. The van der Waals surface area contributed by atoms with Crippen molar-refractivity contribution in [3.05, 3.63) is 89.5 Å². The molecule has 0 aliphatic rings.